The number of hydrogen-bond acceptors (Lipinski definition) is 5. The van der Waals surface area contributed by atoms with Gasteiger partial charge in [-0.25, -0.2) is 5.84 Å². The van der Waals surface area contributed by atoms with E-state index in [1.165, 1.54) is 5.23 Å². The summed E-state index contributed by atoms with van der Waals surface area (Å²) in [4.78, 5) is 0. The quantitative estimate of drug-likeness (QED) is 0.383. The van der Waals surface area contributed by atoms with E-state index >= 15 is 0 Å². The maximum absolute atomic E-state index is 5.37. The molecular formula is C4H10N5. The topological polar surface area (TPSA) is 56.6 Å². The Balaban J connectivity index is 2.52. The average molecular weight is 128 g/mol. The lowest BCUT2D eigenvalue weighted by Gasteiger charge is -2.17. The summed E-state index contributed by atoms with van der Waals surface area (Å²) in [7, 11) is 5.26. The first kappa shape index (κ1) is 6.18. The van der Waals surface area contributed by atoms with E-state index in [-0.39, 0.29) is 0 Å². The minimum Gasteiger partial charge on any atom is -0.368 e. The predicted octanol–water partition coefficient (Wildman–Crippen LogP) is -1.29. The SMILES string of the molecule is [CH2]NC1=CN(C)N(N)N1. The molecule has 1 aliphatic heterocycles. The minimum absolute atomic E-state index is 0.778. The van der Waals surface area contributed by atoms with Crippen LogP contribution in [0.25, 0.3) is 0 Å². The monoisotopic (exact) mass is 128 g/mol. The minimum atomic E-state index is 0.778. The first-order valence-electron chi connectivity index (χ1n) is 2.53. The van der Waals surface area contributed by atoms with Crippen molar-refractivity contribution in [3.8, 4) is 0 Å². The summed E-state index contributed by atoms with van der Waals surface area (Å²) in [6.07, 6.45) is 1.78. The summed E-state index contributed by atoms with van der Waals surface area (Å²) < 4.78 is 0. The fraction of sp³-hybridized carbons (Fsp3) is 0.250. The van der Waals surface area contributed by atoms with Gasteiger partial charge in [0.15, 0.2) is 0 Å². The predicted molar refractivity (Wildman–Crippen MR) is 33.5 cm³/mol. The van der Waals surface area contributed by atoms with E-state index < -0.39 is 0 Å². The Labute approximate surface area is 54.0 Å². The molecule has 51 valence electrons. The van der Waals surface area contributed by atoms with E-state index in [1.54, 1.807) is 11.2 Å². The molecule has 4 N–H and O–H groups in total. The van der Waals surface area contributed by atoms with Crippen LogP contribution in [-0.2, 0) is 0 Å². The molecule has 0 saturated heterocycles. The van der Waals surface area contributed by atoms with Gasteiger partial charge in [-0.3, -0.25) is 10.4 Å². The zero-order chi connectivity index (χ0) is 6.85. The van der Waals surface area contributed by atoms with E-state index in [9.17, 15) is 0 Å². The van der Waals surface area contributed by atoms with E-state index in [0.717, 1.165) is 5.82 Å². The lowest BCUT2D eigenvalue weighted by Crippen LogP contribution is -2.46. The number of nitrogens with zero attached hydrogens (tertiary/aromatic N) is 2. The van der Waals surface area contributed by atoms with Gasteiger partial charge in [-0.15, -0.1) is 0 Å². The summed E-state index contributed by atoms with van der Waals surface area (Å²) in [6, 6.07) is 0. The van der Waals surface area contributed by atoms with Gasteiger partial charge in [-0.2, -0.15) is 0 Å². The van der Waals surface area contributed by atoms with Crippen molar-refractivity contribution in [1.29, 1.82) is 0 Å². The highest BCUT2D eigenvalue weighted by molar-refractivity contribution is 4.97. The second kappa shape index (κ2) is 2.12. The van der Waals surface area contributed by atoms with Gasteiger partial charge in [0, 0.05) is 14.1 Å². The Morgan fingerprint density at radius 1 is 1.89 bits per heavy atom. The molecule has 1 rings (SSSR count). The molecule has 0 amide bonds. The van der Waals surface area contributed by atoms with Crippen molar-refractivity contribution in [1.82, 2.24) is 21.0 Å². The molecule has 0 bridgehead atoms. The van der Waals surface area contributed by atoms with Crippen molar-refractivity contribution in [3.63, 3.8) is 0 Å². The molecule has 0 unspecified atom stereocenters. The summed E-state index contributed by atoms with van der Waals surface area (Å²) in [5, 5.41) is 5.69. The lowest BCUT2D eigenvalue weighted by atomic mass is 10.7. The van der Waals surface area contributed by atoms with Crippen LogP contribution in [0, 0.1) is 7.05 Å². The summed E-state index contributed by atoms with van der Waals surface area (Å²) in [5.41, 5.74) is 2.78. The summed E-state index contributed by atoms with van der Waals surface area (Å²) >= 11 is 0. The van der Waals surface area contributed by atoms with Crippen LogP contribution < -0.4 is 16.6 Å². The first-order valence-corrected chi connectivity index (χ1v) is 2.53. The van der Waals surface area contributed by atoms with Crippen molar-refractivity contribution in [2.24, 2.45) is 5.84 Å². The smallest absolute Gasteiger partial charge is 0.134 e. The third-order valence-corrected chi connectivity index (χ3v) is 1.08. The highest BCUT2D eigenvalue weighted by Gasteiger charge is 2.11. The molecule has 0 saturated carbocycles. The molecule has 0 fully saturated rings. The van der Waals surface area contributed by atoms with Gasteiger partial charge in [0.2, 0.25) is 0 Å². The molecule has 0 aromatic heterocycles. The molecule has 9 heavy (non-hydrogen) atoms. The van der Waals surface area contributed by atoms with Gasteiger partial charge >= 0.3 is 0 Å². The second-order valence-electron chi connectivity index (χ2n) is 1.75. The maximum atomic E-state index is 5.37. The summed E-state index contributed by atoms with van der Waals surface area (Å²) in [6.45, 7) is 0. The van der Waals surface area contributed by atoms with Crippen molar-refractivity contribution in [3.05, 3.63) is 19.1 Å². The average Bonchev–Trinajstić information content (AvgIpc) is 2.13. The van der Waals surface area contributed by atoms with E-state index in [4.69, 9.17) is 5.84 Å². The Kier molecular flexibility index (Phi) is 1.46. The first-order chi connectivity index (χ1) is 4.24. The zero-order valence-corrected chi connectivity index (χ0v) is 5.26. The van der Waals surface area contributed by atoms with Crippen molar-refractivity contribution < 1.29 is 0 Å². The Hall–Kier alpha value is -0.940. The van der Waals surface area contributed by atoms with Crippen LogP contribution in [0.15, 0.2) is 12.0 Å². The number of nitrogens with one attached hydrogen (secondary N) is 2. The van der Waals surface area contributed by atoms with Gasteiger partial charge in [-0.1, -0.05) is 5.23 Å². The summed E-state index contributed by atoms with van der Waals surface area (Å²) in [5.74, 6) is 6.15. The van der Waals surface area contributed by atoms with Crippen molar-refractivity contribution in [2.75, 3.05) is 7.05 Å². The van der Waals surface area contributed by atoms with Crippen LogP contribution in [0.5, 0.6) is 0 Å². The molecule has 1 aliphatic rings. The number of nitrogens with two attached hydrogens (primary N) is 1. The normalized spacial score (nSPS) is 19.4. The molecule has 0 atom stereocenters. The largest absolute Gasteiger partial charge is 0.368 e. The molecule has 0 aromatic carbocycles. The molecule has 0 aromatic rings. The van der Waals surface area contributed by atoms with Gasteiger partial charge in [-0.05, 0) is 0 Å². The standard InChI is InChI=1S/C4H10N5/c1-6-4-3-8(2)9(5)7-4/h3,6-7H,1,5H2,2H3. The Morgan fingerprint density at radius 3 is 2.78 bits per heavy atom. The van der Waals surface area contributed by atoms with Crippen LogP contribution in [0.4, 0.5) is 0 Å². The third-order valence-electron chi connectivity index (χ3n) is 1.08. The van der Waals surface area contributed by atoms with Gasteiger partial charge < -0.3 is 5.32 Å². The van der Waals surface area contributed by atoms with E-state index in [0.29, 0.717) is 0 Å². The Bertz CT molecular complexity index is 131. The number of hydrogen-bond donors (Lipinski definition) is 3. The lowest BCUT2D eigenvalue weighted by molar-refractivity contribution is 0.0273. The number of hydrazine groups is 3. The molecule has 5 nitrogen and oxygen atoms in total. The van der Waals surface area contributed by atoms with Gasteiger partial charge in [0.1, 0.15) is 5.82 Å². The zero-order valence-electron chi connectivity index (χ0n) is 5.26. The van der Waals surface area contributed by atoms with Crippen LogP contribution >= 0.6 is 0 Å². The molecule has 0 spiro atoms. The second-order valence-corrected chi connectivity index (χ2v) is 1.75. The van der Waals surface area contributed by atoms with E-state index in [2.05, 4.69) is 17.8 Å². The molecule has 0 aliphatic carbocycles. The van der Waals surface area contributed by atoms with Crippen LogP contribution in [-0.4, -0.2) is 17.3 Å². The molecule has 1 heterocycles. The van der Waals surface area contributed by atoms with E-state index in [1.807, 2.05) is 7.05 Å². The molecular weight excluding hydrogens is 118 g/mol. The maximum Gasteiger partial charge on any atom is 0.134 e. The number of rotatable bonds is 1. The van der Waals surface area contributed by atoms with Crippen molar-refractivity contribution in [2.45, 2.75) is 0 Å². The highest BCUT2D eigenvalue weighted by Crippen LogP contribution is 1.97. The fourth-order valence-corrected chi connectivity index (χ4v) is 0.565. The fourth-order valence-electron chi connectivity index (χ4n) is 0.565. The molecule has 5 heteroatoms. The van der Waals surface area contributed by atoms with Gasteiger partial charge in [0.25, 0.3) is 0 Å². The van der Waals surface area contributed by atoms with Crippen LogP contribution in [0.2, 0.25) is 0 Å². The Morgan fingerprint density at radius 2 is 2.56 bits per heavy atom. The van der Waals surface area contributed by atoms with Crippen LogP contribution in [0.3, 0.4) is 0 Å². The third kappa shape index (κ3) is 1.06. The van der Waals surface area contributed by atoms with Crippen molar-refractivity contribution >= 4 is 0 Å². The molecule has 1 radical (unpaired) electrons. The van der Waals surface area contributed by atoms with Crippen LogP contribution in [0.1, 0.15) is 0 Å². The highest BCUT2D eigenvalue weighted by atomic mass is 15.9. The van der Waals surface area contributed by atoms with Gasteiger partial charge in [0.05, 0.1) is 6.20 Å².